The molecule has 2 aliphatic heterocycles. The Hall–Kier alpha value is -4.48. The zero-order chi connectivity index (χ0) is 33.2. The van der Waals surface area contributed by atoms with Gasteiger partial charge in [0.25, 0.3) is 0 Å². The van der Waals surface area contributed by atoms with Gasteiger partial charge in [-0.3, -0.25) is 19.5 Å². The molecular weight excluding hydrogens is 603 g/mol. The third-order valence-electron chi connectivity index (χ3n) is 8.37. The lowest BCUT2D eigenvalue weighted by Crippen LogP contribution is -2.37. The summed E-state index contributed by atoms with van der Waals surface area (Å²) in [6.07, 6.45) is 8.72. The number of benzene rings is 2. The first-order chi connectivity index (χ1) is 22.8. The first kappa shape index (κ1) is 33.9. The average Bonchev–Trinajstić information content (AvgIpc) is 3.89. The van der Waals surface area contributed by atoms with Crippen molar-refractivity contribution >= 4 is 29.4 Å². The number of allylic oxidation sites excluding steroid dienone is 2. The molecule has 3 aliphatic rings. The van der Waals surface area contributed by atoms with Crippen molar-refractivity contribution in [1.82, 2.24) is 4.90 Å². The summed E-state index contributed by atoms with van der Waals surface area (Å²) in [4.78, 5) is 32.8. The molecule has 2 aromatic carbocycles. The molecule has 5 rings (SSSR count). The van der Waals surface area contributed by atoms with E-state index in [4.69, 9.17) is 18.9 Å². The maximum absolute atomic E-state index is 15.4. The maximum atomic E-state index is 15.4. The van der Waals surface area contributed by atoms with Gasteiger partial charge < -0.3 is 29.6 Å². The zero-order valence-electron chi connectivity index (χ0n) is 27.2. The quantitative estimate of drug-likeness (QED) is 0.227. The van der Waals surface area contributed by atoms with Gasteiger partial charge in [-0.25, -0.2) is 4.39 Å². The van der Waals surface area contributed by atoms with E-state index in [2.05, 4.69) is 20.5 Å². The molecule has 2 heterocycles. The van der Waals surface area contributed by atoms with Crippen molar-refractivity contribution in [2.75, 3.05) is 63.7 Å². The Morgan fingerprint density at radius 2 is 1.74 bits per heavy atom. The van der Waals surface area contributed by atoms with Gasteiger partial charge in [0.2, 0.25) is 11.8 Å². The number of aryl methyl sites for hydroxylation is 1. The molecule has 10 nitrogen and oxygen atoms in total. The molecule has 0 unspecified atom stereocenters. The number of nitrogens with one attached hydrogen (secondary N) is 2. The molecule has 2 fully saturated rings. The molecule has 0 aromatic heterocycles. The van der Waals surface area contributed by atoms with Crippen LogP contribution in [-0.4, -0.2) is 76.0 Å². The van der Waals surface area contributed by atoms with Crippen LogP contribution in [0.25, 0.3) is 0 Å². The van der Waals surface area contributed by atoms with Crippen LogP contribution in [0.4, 0.5) is 15.8 Å². The number of nitrogens with zero attached hydrogens (tertiary/aromatic N) is 2. The van der Waals surface area contributed by atoms with E-state index in [9.17, 15) is 9.59 Å². The summed E-state index contributed by atoms with van der Waals surface area (Å²) in [6, 6.07) is 11.5. The monoisotopic (exact) mass is 646 g/mol. The number of halogens is 1. The highest BCUT2D eigenvalue weighted by atomic mass is 19.1. The van der Waals surface area contributed by atoms with Gasteiger partial charge in [-0.05, 0) is 68.7 Å². The first-order valence-corrected chi connectivity index (χ1v) is 16.0. The number of ether oxygens (including phenoxy) is 4. The second-order valence-electron chi connectivity index (χ2n) is 11.9. The number of anilines is 2. The molecule has 0 radical (unpaired) electrons. The molecule has 2 amide bonds. The van der Waals surface area contributed by atoms with Crippen LogP contribution < -0.4 is 15.4 Å². The van der Waals surface area contributed by atoms with Crippen LogP contribution in [0.5, 0.6) is 5.75 Å². The second-order valence-corrected chi connectivity index (χ2v) is 11.9. The van der Waals surface area contributed by atoms with Crippen LogP contribution in [-0.2, 0) is 23.8 Å². The van der Waals surface area contributed by atoms with Gasteiger partial charge in [0.1, 0.15) is 11.2 Å². The Kier molecular flexibility index (Phi) is 11.4. The number of hydrogen-bond donors (Lipinski definition) is 2. The Balaban J connectivity index is 1.22. The van der Waals surface area contributed by atoms with E-state index < -0.39 is 17.1 Å². The van der Waals surface area contributed by atoms with Gasteiger partial charge in [-0.1, -0.05) is 24.6 Å². The molecule has 1 aliphatic carbocycles. The SMILES string of the molecule is COC1=CCN=C/C=C(/Oc2ccc(NC(=O)C3(C(=O)Nc4ccc(C)cc4)CC3)cc2F)[C@@H](C)C=C1OCCCN1CCOCC1. The number of carbonyl (C=O) groups excluding carboxylic acids is 2. The predicted octanol–water partition coefficient (Wildman–Crippen LogP) is 5.63. The number of morpholine rings is 1. The number of hydrogen-bond acceptors (Lipinski definition) is 8. The van der Waals surface area contributed by atoms with Gasteiger partial charge >= 0.3 is 0 Å². The molecule has 0 spiro atoms. The fraction of sp³-hybridized carbons (Fsp3) is 0.417. The highest BCUT2D eigenvalue weighted by molar-refractivity contribution is 6.16. The molecule has 47 heavy (non-hydrogen) atoms. The van der Waals surface area contributed by atoms with Crippen LogP contribution in [0.2, 0.25) is 0 Å². The lowest BCUT2D eigenvalue weighted by Gasteiger charge is -2.26. The van der Waals surface area contributed by atoms with Crippen molar-refractivity contribution < 1.29 is 32.9 Å². The number of methoxy groups -OCH3 is 1. The normalized spacial score (nSPS) is 20.5. The van der Waals surface area contributed by atoms with Crippen molar-refractivity contribution in [2.45, 2.75) is 33.1 Å². The van der Waals surface area contributed by atoms with E-state index in [1.54, 1.807) is 37.6 Å². The van der Waals surface area contributed by atoms with Crippen LogP contribution >= 0.6 is 0 Å². The second kappa shape index (κ2) is 15.9. The summed E-state index contributed by atoms with van der Waals surface area (Å²) in [5.41, 5.74) is 0.726. The van der Waals surface area contributed by atoms with Gasteiger partial charge in [-0.15, -0.1) is 0 Å². The highest BCUT2D eigenvalue weighted by Crippen LogP contribution is 2.47. The van der Waals surface area contributed by atoms with Crippen LogP contribution in [0.1, 0.15) is 31.7 Å². The molecule has 11 heteroatoms. The summed E-state index contributed by atoms with van der Waals surface area (Å²) in [5, 5.41) is 5.53. The number of carbonyl (C=O) groups is 2. The summed E-state index contributed by atoms with van der Waals surface area (Å²) in [6.45, 7) is 8.98. The minimum Gasteiger partial charge on any atom is -0.493 e. The van der Waals surface area contributed by atoms with Crippen LogP contribution in [0.15, 0.2) is 83.0 Å². The van der Waals surface area contributed by atoms with Gasteiger partial charge in [0.05, 0.1) is 33.5 Å². The van der Waals surface area contributed by atoms with E-state index in [1.165, 1.54) is 12.1 Å². The third kappa shape index (κ3) is 9.08. The van der Waals surface area contributed by atoms with Crippen molar-refractivity contribution in [3.8, 4) is 5.75 Å². The van der Waals surface area contributed by atoms with Crippen molar-refractivity contribution in [3.05, 3.63) is 89.4 Å². The third-order valence-corrected chi connectivity index (χ3v) is 8.37. The minimum atomic E-state index is -1.18. The average molecular weight is 647 g/mol. The number of aliphatic imine (C=N–C) groups is 1. The molecule has 1 saturated heterocycles. The molecule has 2 aromatic rings. The smallest absolute Gasteiger partial charge is 0.240 e. The molecular formula is C36H43FN4O6. The Bertz CT molecular complexity index is 1540. The van der Waals surface area contributed by atoms with E-state index >= 15 is 4.39 Å². The van der Waals surface area contributed by atoms with E-state index in [-0.39, 0.29) is 23.3 Å². The summed E-state index contributed by atoms with van der Waals surface area (Å²) >= 11 is 0. The lowest BCUT2D eigenvalue weighted by atomic mass is 10.0. The van der Waals surface area contributed by atoms with E-state index in [0.29, 0.717) is 49.0 Å². The maximum Gasteiger partial charge on any atom is 0.240 e. The lowest BCUT2D eigenvalue weighted by molar-refractivity contribution is -0.131. The number of rotatable bonds is 12. The van der Waals surface area contributed by atoms with Gasteiger partial charge in [-0.2, -0.15) is 0 Å². The zero-order valence-corrected chi connectivity index (χ0v) is 27.2. The Morgan fingerprint density at radius 1 is 1.04 bits per heavy atom. The van der Waals surface area contributed by atoms with E-state index in [0.717, 1.165) is 44.8 Å². The van der Waals surface area contributed by atoms with Crippen LogP contribution in [0.3, 0.4) is 0 Å². The fourth-order valence-corrected chi connectivity index (χ4v) is 5.30. The van der Waals surface area contributed by atoms with Crippen LogP contribution in [0, 0.1) is 24.1 Å². The Morgan fingerprint density at radius 3 is 2.43 bits per heavy atom. The van der Waals surface area contributed by atoms with Crippen molar-refractivity contribution in [3.63, 3.8) is 0 Å². The van der Waals surface area contributed by atoms with E-state index in [1.807, 2.05) is 38.1 Å². The molecule has 0 bridgehead atoms. The molecule has 250 valence electrons. The highest BCUT2D eigenvalue weighted by Gasteiger charge is 2.56. The van der Waals surface area contributed by atoms with Crippen molar-refractivity contribution in [1.29, 1.82) is 0 Å². The topological polar surface area (TPSA) is 111 Å². The van der Waals surface area contributed by atoms with Crippen molar-refractivity contribution in [2.24, 2.45) is 16.3 Å². The minimum absolute atomic E-state index is 0.0197. The largest absolute Gasteiger partial charge is 0.493 e. The summed E-state index contributed by atoms with van der Waals surface area (Å²) < 4.78 is 38.6. The molecule has 2 N–H and O–H groups in total. The molecule has 1 saturated carbocycles. The number of amides is 2. The summed E-state index contributed by atoms with van der Waals surface area (Å²) in [5.74, 6) is -0.290. The first-order valence-electron chi connectivity index (χ1n) is 16.0. The fourth-order valence-electron chi connectivity index (χ4n) is 5.30. The standard InChI is InChI=1S/C36H43FN4O6/c1-25-5-7-27(8-6-25)39-34(42)36(13-14-36)35(43)40-28-9-10-31(29(37)24-28)47-30-11-15-38-16-12-32(44-3)33(23-26(30)2)46-20-4-17-41-18-21-45-22-19-41/h5-12,15,23-24,26H,4,13-14,16-22H2,1-3H3,(H,39,42)(H,40,43)/b30-11+,32-12?,33-23?,38-15?/t26-/m0/s1. The molecule has 1 atom stereocenters. The predicted molar refractivity (Wildman–Crippen MR) is 179 cm³/mol. The Labute approximate surface area is 275 Å². The van der Waals surface area contributed by atoms with Gasteiger partial charge in [0, 0.05) is 49.2 Å². The summed E-state index contributed by atoms with van der Waals surface area (Å²) in [7, 11) is 1.58. The van der Waals surface area contributed by atoms with Gasteiger partial charge in [0.15, 0.2) is 23.1 Å².